The van der Waals surface area contributed by atoms with E-state index in [9.17, 15) is 14.0 Å². The predicted molar refractivity (Wildman–Crippen MR) is 120 cm³/mol. The van der Waals surface area contributed by atoms with Crippen LogP contribution in [0.25, 0.3) is 0 Å². The van der Waals surface area contributed by atoms with Crippen molar-refractivity contribution in [3.63, 3.8) is 0 Å². The minimum atomic E-state index is -0.769. The van der Waals surface area contributed by atoms with E-state index in [-0.39, 0.29) is 30.6 Å². The van der Waals surface area contributed by atoms with Crippen molar-refractivity contribution in [2.24, 2.45) is 4.99 Å². The Bertz CT molecular complexity index is 1000. The van der Waals surface area contributed by atoms with Crippen molar-refractivity contribution in [2.75, 3.05) is 19.8 Å². The molecule has 32 heavy (non-hydrogen) atoms. The highest BCUT2D eigenvalue weighted by molar-refractivity contribution is 8.16. The van der Waals surface area contributed by atoms with Crippen LogP contribution >= 0.6 is 11.8 Å². The van der Waals surface area contributed by atoms with Gasteiger partial charge in [0, 0.05) is 24.4 Å². The molecule has 0 unspecified atom stereocenters. The normalized spacial score (nSPS) is 22.4. The van der Waals surface area contributed by atoms with Crippen LogP contribution in [-0.2, 0) is 19.1 Å². The number of allylic oxidation sites excluding steroid dienone is 1. The van der Waals surface area contributed by atoms with Crippen molar-refractivity contribution in [2.45, 2.75) is 45.3 Å². The van der Waals surface area contributed by atoms with Crippen molar-refractivity contribution in [3.8, 4) is 0 Å². The number of carbonyl (C=O) groups excluding carboxylic acids is 2. The molecule has 3 heterocycles. The Morgan fingerprint density at radius 1 is 1.38 bits per heavy atom. The van der Waals surface area contributed by atoms with Gasteiger partial charge in [0.15, 0.2) is 5.17 Å². The molecule has 9 heteroatoms. The molecule has 7 nitrogen and oxygen atoms in total. The summed E-state index contributed by atoms with van der Waals surface area (Å²) in [6, 6.07) is 5.57. The number of halogens is 1. The van der Waals surface area contributed by atoms with Gasteiger partial charge in [-0.05, 0) is 38.2 Å². The van der Waals surface area contributed by atoms with E-state index in [1.807, 2.05) is 5.41 Å². The number of ether oxygens (including phenoxy) is 2. The van der Waals surface area contributed by atoms with Crippen LogP contribution in [0.2, 0.25) is 0 Å². The molecule has 0 saturated carbocycles. The van der Waals surface area contributed by atoms with Crippen LogP contribution in [0.5, 0.6) is 0 Å². The molecular weight excluding hydrogens is 433 g/mol. The number of aliphatic imine (C=N–C) groups is 1. The van der Waals surface area contributed by atoms with Gasteiger partial charge in [0.2, 0.25) is 5.91 Å². The van der Waals surface area contributed by atoms with Gasteiger partial charge in [-0.2, -0.15) is 0 Å². The first-order valence-electron chi connectivity index (χ1n) is 10.7. The number of hydrogen-bond donors (Lipinski definition) is 1. The van der Waals surface area contributed by atoms with E-state index in [1.165, 1.54) is 17.8 Å². The topological polar surface area (TPSA) is 80.2 Å². The average molecular weight is 460 g/mol. The highest BCUT2D eigenvalue weighted by Gasteiger charge is 2.42. The second-order valence-electron chi connectivity index (χ2n) is 7.75. The molecule has 1 N–H and O–H groups in total. The summed E-state index contributed by atoms with van der Waals surface area (Å²) in [5.74, 6) is -1.14. The molecule has 4 rings (SSSR count). The van der Waals surface area contributed by atoms with Gasteiger partial charge in [-0.3, -0.25) is 4.79 Å². The summed E-state index contributed by atoms with van der Waals surface area (Å²) in [6.45, 7) is 4.82. The van der Waals surface area contributed by atoms with E-state index in [0.717, 1.165) is 19.4 Å². The van der Waals surface area contributed by atoms with Crippen LogP contribution in [0.15, 0.2) is 51.6 Å². The second-order valence-corrected chi connectivity index (χ2v) is 8.59. The second kappa shape index (κ2) is 9.87. The van der Waals surface area contributed by atoms with Gasteiger partial charge in [-0.1, -0.05) is 30.0 Å². The number of carbonyl (C=O) groups is 2. The summed E-state index contributed by atoms with van der Waals surface area (Å²) >= 11 is 1.36. The third-order valence-corrected chi connectivity index (χ3v) is 6.48. The first-order chi connectivity index (χ1) is 15.5. The fourth-order valence-corrected chi connectivity index (χ4v) is 5.05. The fourth-order valence-electron chi connectivity index (χ4n) is 4.09. The molecule has 1 amide bonds. The zero-order valence-corrected chi connectivity index (χ0v) is 18.9. The third kappa shape index (κ3) is 4.59. The van der Waals surface area contributed by atoms with Gasteiger partial charge in [-0.25, -0.2) is 14.2 Å². The first-order valence-corrected chi connectivity index (χ1v) is 11.6. The minimum absolute atomic E-state index is 0.0464. The van der Waals surface area contributed by atoms with Gasteiger partial charge in [-0.15, -0.1) is 0 Å². The molecule has 1 fully saturated rings. The van der Waals surface area contributed by atoms with E-state index in [1.54, 1.807) is 36.9 Å². The number of amidine groups is 1. The molecule has 3 aliphatic heterocycles. The summed E-state index contributed by atoms with van der Waals surface area (Å²) in [4.78, 5) is 31.8. The van der Waals surface area contributed by atoms with Crippen molar-refractivity contribution in [1.29, 1.82) is 0 Å². The maximum atomic E-state index is 14.9. The minimum Gasteiger partial charge on any atom is -0.463 e. The maximum absolute atomic E-state index is 14.9. The zero-order chi connectivity index (χ0) is 22.7. The number of rotatable bonds is 7. The van der Waals surface area contributed by atoms with Crippen LogP contribution in [0, 0.1) is 5.82 Å². The maximum Gasteiger partial charge on any atom is 0.338 e. The van der Waals surface area contributed by atoms with E-state index in [4.69, 9.17) is 9.47 Å². The number of amides is 1. The molecule has 2 atom stereocenters. The predicted octanol–water partition coefficient (Wildman–Crippen LogP) is 3.65. The van der Waals surface area contributed by atoms with Crippen molar-refractivity contribution >= 4 is 28.8 Å². The lowest BCUT2D eigenvalue weighted by Gasteiger charge is -2.36. The summed E-state index contributed by atoms with van der Waals surface area (Å²) in [5.41, 5.74) is 1.73. The first kappa shape index (κ1) is 22.5. The number of esters is 1. The van der Waals surface area contributed by atoms with Gasteiger partial charge in [0.1, 0.15) is 5.82 Å². The van der Waals surface area contributed by atoms with Crippen LogP contribution in [0.1, 0.15) is 44.7 Å². The number of fused-ring (bicyclic) bond motifs is 1. The molecule has 0 aromatic heterocycles. The molecule has 1 aromatic rings. The molecule has 0 aliphatic carbocycles. The number of nitrogens with one attached hydrogen (secondary N) is 1. The van der Waals surface area contributed by atoms with Crippen LogP contribution in [0.4, 0.5) is 4.39 Å². The summed E-state index contributed by atoms with van der Waals surface area (Å²) in [5, 5.41) is 5.35. The largest absolute Gasteiger partial charge is 0.463 e. The monoisotopic (exact) mass is 459 g/mol. The lowest BCUT2D eigenvalue weighted by atomic mass is 9.93. The molecule has 3 aliphatic rings. The summed E-state index contributed by atoms with van der Waals surface area (Å²) in [7, 11) is 0. The van der Waals surface area contributed by atoms with Gasteiger partial charge < -0.3 is 19.7 Å². The Labute approximate surface area is 190 Å². The highest BCUT2D eigenvalue weighted by Crippen LogP contribution is 2.45. The number of benzene rings is 1. The van der Waals surface area contributed by atoms with E-state index in [0.29, 0.717) is 28.7 Å². The Morgan fingerprint density at radius 2 is 2.19 bits per heavy atom. The van der Waals surface area contributed by atoms with Crippen molar-refractivity contribution in [1.82, 2.24) is 10.2 Å². The number of thioether (sulfide) groups is 1. The zero-order valence-electron chi connectivity index (χ0n) is 18.1. The molecule has 0 spiro atoms. The number of nitrogens with zero attached hydrogens (tertiary/aromatic N) is 2. The molecule has 0 bridgehead atoms. The molecule has 170 valence electrons. The van der Waals surface area contributed by atoms with Crippen LogP contribution in [-0.4, -0.2) is 47.8 Å². The third-order valence-electron chi connectivity index (χ3n) is 5.59. The van der Waals surface area contributed by atoms with Crippen LogP contribution < -0.4 is 5.32 Å². The van der Waals surface area contributed by atoms with E-state index < -0.39 is 17.8 Å². The lowest BCUT2D eigenvalue weighted by Crippen LogP contribution is -2.39. The Morgan fingerprint density at radius 3 is 2.91 bits per heavy atom. The quantitative estimate of drug-likeness (QED) is 0.627. The molecular formula is C23H26FN3O4S. The molecule has 1 saturated heterocycles. The highest BCUT2D eigenvalue weighted by atomic mass is 32.2. The lowest BCUT2D eigenvalue weighted by molar-refractivity contribution is -0.139. The molecule has 1 aromatic carbocycles. The van der Waals surface area contributed by atoms with Crippen molar-refractivity contribution < 1.29 is 23.5 Å². The Hall–Kier alpha value is -2.65. The van der Waals surface area contributed by atoms with E-state index >= 15 is 0 Å². The summed E-state index contributed by atoms with van der Waals surface area (Å²) in [6.07, 6.45) is 2.07. The van der Waals surface area contributed by atoms with E-state index in [2.05, 4.69) is 10.3 Å². The van der Waals surface area contributed by atoms with Crippen LogP contribution in [0.3, 0.4) is 0 Å². The number of hydrogen-bond acceptors (Lipinski definition) is 7. The Balaban J connectivity index is 1.61. The standard InChI is InChI=1S/C23H26FN3O4S/c1-3-30-22(29)20-14(2)26-23-27(21(20)17-8-4-5-9-18(17)24)15(13-32-23)11-19(28)25-12-16-7-6-10-31-16/h4-5,8-9,13,16,21H,3,6-7,10-12H2,1-2H3,(H,25,28)/t16-,21+/m0/s1. The smallest absolute Gasteiger partial charge is 0.338 e. The van der Waals surface area contributed by atoms with Crippen molar-refractivity contribution in [3.05, 3.63) is 58.0 Å². The van der Waals surface area contributed by atoms with Gasteiger partial charge in [0.05, 0.1) is 36.4 Å². The fraction of sp³-hybridized carbons (Fsp3) is 0.435. The molecule has 0 radical (unpaired) electrons. The summed E-state index contributed by atoms with van der Waals surface area (Å²) < 4.78 is 25.7. The average Bonchev–Trinajstić information content (AvgIpc) is 3.42. The van der Waals surface area contributed by atoms with Gasteiger partial charge in [0.25, 0.3) is 0 Å². The SMILES string of the molecule is CCOC(=O)C1=C(C)N=C2SC=C(CC(=O)NC[C@@H]3CCCO3)N2[C@@H]1c1ccccc1F. The Kier molecular flexibility index (Phi) is 6.95. The van der Waals surface area contributed by atoms with Gasteiger partial charge >= 0.3 is 5.97 Å².